The van der Waals surface area contributed by atoms with E-state index >= 15 is 0 Å². The van der Waals surface area contributed by atoms with Gasteiger partial charge in [0, 0.05) is 5.38 Å². The summed E-state index contributed by atoms with van der Waals surface area (Å²) in [5, 5.41) is 5.21. The predicted octanol–water partition coefficient (Wildman–Crippen LogP) is 1.76. The Morgan fingerprint density at radius 1 is 1.60 bits per heavy atom. The quantitative estimate of drug-likeness (QED) is 0.809. The van der Waals surface area contributed by atoms with Crippen LogP contribution in [0.4, 0.5) is 5.13 Å². The zero-order valence-electron chi connectivity index (χ0n) is 9.50. The van der Waals surface area contributed by atoms with E-state index in [0.29, 0.717) is 5.13 Å². The van der Waals surface area contributed by atoms with Crippen molar-refractivity contribution in [2.75, 3.05) is 5.32 Å². The summed E-state index contributed by atoms with van der Waals surface area (Å²) in [5.41, 5.74) is 6.48. The van der Waals surface area contributed by atoms with E-state index in [0.717, 1.165) is 5.69 Å². The molecule has 1 atom stereocenters. The first-order valence-corrected chi connectivity index (χ1v) is 5.67. The lowest BCUT2D eigenvalue weighted by molar-refractivity contribution is -0.119. The van der Waals surface area contributed by atoms with Crippen molar-refractivity contribution in [3.8, 4) is 0 Å². The van der Waals surface area contributed by atoms with Crippen molar-refractivity contribution in [3.63, 3.8) is 0 Å². The van der Waals surface area contributed by atoms with E-state index in [1.54, 1.807) is 0 Å². The van der Waals surface area contributed by atoms with E-state index in [4.69, 9.17) is 5.73 Å². The molecular formula is C10H17N3OS. The van der Waals surface area contributed by atoms with Crippen molar-refractivity contribution in [1.29, 1.82) is 0 Å². The molecule has 0 unspecified atom stereocenters. The number of nitrogens with zero attached hydrogens (tertiary/aromatic N) is 1. The number of hydrogen-bond acceptors (Lipinski definition) is 4. The Balaban J connectivity index is 2.64. The minimum Gasteiger partial charge on any atom is -0.319 e. The molecule has 1 aromatic heterocycles. The molecule has 1 rings (SSSR count). The van der Waals surface area contributed by atoms with Gasteiger partial charge in [0.05, 0.1) is 11.7 Å². The van der Waals surface area contributed by atoms with Crippen LogP contribution in [0.1, 0.15) is 26.5 Å². The first-order chi connectivity index (χ1) is 6.80. The van der Waals surface area contributed by atoms with Gasteiger partial charge in [-0.1, -0.05) is 20.8 Å². The third kappa shape index (κ3) is 3.28. The molecule has 3 N–H and O–H groups in total. The van der Waals surface area contributed by atoms with E-state index in [2.05, 4.69) is 10.3 Å². The van der Waals surface area contributed by atoms with Crippen molar-refractivity contribution in [3.05, 3.63) is 11.1 Å². The Kier molecular flexibility index (Phi) is 3.46. The van der Waals surface area contributed by atoms with Crippen LogP contribution < -0.4 is 11.1 Å². The Bertz CT molecular complexity index is 354. The average molecular weight is 227 g/mol. The highest BCUT2D eigenvalue weighted by Gasteiger charge is 2.27. The van der Waals surface area contributed by atoms with E-state index in [1.807, 2.05) is 33.1 Å². The van der Waals surface area contributed by atoms with Crippen molar-refractivity contribution >= 4 is 22.4 Å². The summed E-state index contributed by atoms with van der Waals surface area (Å²) >= 11 is 1.41. The minimum atomic E-state index is -0.526. The van der Waals surface area contributed by atoms with Gasteiger partial charge in [0.25, 0.3) is 0 Å². The zero-order chi connectivity index (χ0) is 11.6. The lowest BCUT2D eigenvalue weighted by atomic mass is 9.87. The van der Waals surface area contributed by atoms with Gasteiger partial charge in [-0.05, 0) is 12.3 Å². The van der Waals surface area contributed by atoms with Crippen molar-refractivity contribution < 1.29 is 4.79 Å². The number of thiazole rings is 1. The largest absolute Gasteiger partial charge is 0.319 e. The molecule has 0 fully saturated rings. The van der Waals surface area contributed by atoms with Crippen molar-refractivity contribution in [1.82, 2.24) is 4.98 Å². The van der Waals surface area contributed by atoms with Crippen LogP contribution in [-0.2, 0) is 4.79 Å². The van der Waals surface area contributed by atoms with Gasteiger partial charge in [-0.2, -0.15) is 0 Å². The monoisotopic (exact) mass is 227 g/mol. The molecule has 15 heavy (non-hydrogen) atoms. The fraction of sp³-hybridized carbons (Fsp3) is 0.600. The summed E-state index contributed by atoms with van der Waals surface area (Å²) < 4.78 is 0. The predicted molar refractivity (Wildman–Crippen MR) is 62.9 cm³/mol. The first kappa shape index (κ1) is 12.1. The van der Waals surface area contributed by atoms with Gasteiger partial charge < -0.3 is 11.1 Å². The summed E-state index contributed by atoms with van der Waals surface area (Å²) in [6, 6.07) is -0.526. The van der Waals surface area contributed by atoms with E-state index in [-0.39, 0.29) is 11.3 Å². The fourth-order valence-electron chi connectivity index (χ4n) is 0.988. The number of amides is 1. The van der Waals surface area contributed by atoms with Gasteiger partial charge in [-0.25, -0.2) is 4.98 Å². The van der Waals surface area contributed by atoms with Crippen molar-refractivity contribution in [2.45, 2.75) is 33.7 Å². The van der Waals surface area contributed by atoms with Crippen LogP contribution in [0, 0.1) is 12.3 Å². The van der Waals surface area contributed by atoms with Gasteiger partial charge in [0.1, 0.15) is 0 Å². The van der Waals surface area contributed by atoms with Crippen LogP contribution in [0.15, 0.2) is 5.38 Å². The lowest BCUT2D eigenvalue weighted by Crippen LogP contribution is -2.45. The third-order valence-electron chi connectivity index (χ3n) is 2.06. The Morgan fingerprint density at radius 2 is 2.20 bits per heavy atom. The molecule has 5 heteroatoms. The lowest BCUT2D eigenvalue weighted by Gasteiger charge is -2.25. The number of carbonyl (C=O) groups excluding carboxylic acids is 1. The summed E-state index contributed by atoms with van der Waals surface area (Å²) in [5.74, 6) is -0.183. The highest BCUT2D eigenvalue weighted by atomic mass is 32.1. The number of aryl methyl sites for hydroxylation is 1. The second-order valence-corrected chi connectivity index (χ2v) is 5.49. The maximum Gasteiger partial charge on any atom is 0.243 e. The van der Waals surface area contributed by atoms with E-state index in [9.17, 15) is 4.79 Å². The van der Waals surface area contributed by atoms with Gasteiger partial charge in [0.15, 0.2) is 5.13 Å². The van der Waals surface area contributed by atoms with Crippen LogP contribution >= 0.6 is 11.3 Å². The van der Waals surface area contributed by atoms with E-state index in [1.165, 1.54) is 11.3 Å². The summed E-state index contributed by atoms with van der Waals surface area (Å²) in [6.07, 6.45) is 0. The summed E-state index contributed by atoms with van der Waals surface area (Å²) in [6.45, 7) is 7.69. The molecule has 0 aliphatic carbocycles. The molecule has 1 aromatic rings. The Labute approximate surface area is 93.9 Å². The second-order valence-electron chi connectivity index (χ2n) is 4.63. The molecule has 0 aliphatic heterocycles. The molecule has 0 bridgehead atoms. The highest BCUT2D eigenvalue weighted by Crippen LogP contribution is 2.20. The van der Waals surface area contributed by atoms with Crippen molar-refractivity contribution in [2.24, 2.45) is 11.1 Å². The number of nitrogens with one attached hydrogen (secondary N) is 1. The number of aromatic nitrogens is 1. The number of carbonyl (C=O) groups is 1. The number of nitrogens with two attached hydrogens (primary N) is 1. The molecule has 84 valence electrons. The minimum absolute atomic E-state index is 0.183. The highest BCUT2D eigenvalue weighted by molar-refractivity contribution is 7.13. The van der Waals surface area contributed by atoms with Gasteiger partial charge in [-0.15, -0.1) is 11.3 Å². The molecule has 0 saturated carbocycles. The van der Waals surface area contributed by atoms with Crippen LogP contribution in [-0.4, -0.2) is 16.9 Å². The standard InChI is InChI=1S/C10H17N3OS/c1-6-5-15-9(12-6)13-8(14)7(11)10(2,3)4/h5,7H,11H2,1-4H3,(H,12,13,14)/t7-/m1/s1. The third-order valence-corrected chi connectivity index (χ3v) is 2.94. The molecule has 1 heterocycles. The first-order valence-electron chi connectivity index (χ1n) is 4.79. The maximum absolute atomic E-state index is 11.7. The smallest absolute Gasteiger partial charge is 0.243 e. The molecule has 0 radical (unpaired) electrons. The maximum atomic E-state index is 11.7. The normalized spacial score (nSPS) is 13.7. The molecule has 4 nitrogen and oxygen atoms in total. The second kappa shape index (κ2) is 4.28. The van der Waals surface area contributed by atoms with Crippen LogP contribution in [0.5, 0.6) is 0 Å². The van der Waals surface area contributed by atoms with Gasteiger partial charge >= 0.3 is 0 Å². The number of hydrogen-bond donors (Lipinski definition) is 2. The number of rotatable bonds is 2. The van der Waals surface area contributed by atoms with Crippen LogP contribution in [0.3, 0.4) is 0 Å². The Morgan fingerprint density at radius 3 is 2.60 bits per heavy atom. The Hall–Kier alpha value is -0.940. The topological polar surface area (TPSA) is 68.0 Å². The summed E-state index contributed by atoms with van der Waals surface area (Å²) in [4.78, 5) is 15.8. The molecule has 0 saturated heterocycles. The van der Waals surface area contributed by atoms with Gasteiger partial charge in [-0.3, -0.25) is 4.79 Å². The van der Waals surface area contributed by atoms with Crippen LogP contribution in [0.2, 0.25) is 0 Å². The summed E-state index contributed by atoms with van der Waals surface area (Å²) in [7, 11) is 0. The molecule has 1 amide bonds. The average Bonchev–Trinajstić information content (AvgIpc) is 2.48. The molecule has 0 spiro atoms. The van der Waals surface area contributed by atoms with Gasteiger partial charge in [0.2, 0.25) is 5.91 Å². The SMILES string of the molecule is Cc1csc(NC(=O)[C@@H](N)C(C)(C)C)n1. The molecule has 0 aliphatic rings. The zero-order valence-corrected chi connectivity index (χ0v) is 10.3. The fourth-order valence-corrected chi connectivity index (χ4v) is 1.68. The molecular weight excluding hydrogens is 210 g/mol. The van der Waals surface area contributed by atoms with E-state index < -0.39 is 6.04 Å². The number of anilines is 1. The van der Waals surface area contributed by atoms with Crippen LogP contribution in [0.25, 0.3) is 0 Å². The molecule has 0 aromatic carbocycles.